The van der Waals surface area contributed by atoms with E-state index in [9.17, 15) is 9.59 Å². The quantitative estimate of drug-likeness (QED) is 0.103. The molecule has 1 aliphatic heterocycles. The second-order valence-corrected chi connectivity index (χ2v) is 9.54. The van der Waals surface area contributed by atoms with Gasteiger partial charge in [0.25, 0.3) is 0 Å². The van der Waals surface area contributed by atoms with E-state index in [0.717, 1.165) is 25.0 Å². The zero-order valence-corrected chi connectivity index (χ0v) is 21.3. The minimum absolute atomic E-state index is 0.0484. The van der Waals surface area contributed by atoms with E-state index in [4.69, 9.17) is 25.8 Å². The lowest BCUT2D eigenvalue weighted by atomic mass is 10.0. The van der Waals surface area contributed by atoms with Crippen LogP contribution in [-0.4, -0.2) is 68.6 Å². The van der Waals surface area contributed by atoms with Crippen LogP contribution in [0.4, 0.5) is 4.39 Å². The van der Waals surface area contributed by atoms with E-state index in [0.29, 0.717) is 16.2 Å². The van der Waals surface area contributed by atoms with Gasteiger partial charge in [0.15, 0.2) is 23.8 Å². The first kappa shape index (κ1) is 26.8. The smallest absolute Gasteiger partial charge is 0.343 e. The summed E-state index contributed by atoms with van der Waals surface area (Å²) in [5.41, 5.74) is 0.917. The van der Waals surface area contributed by atoms with Gasteiger partial charge in [-0.15, -0.1) is 11.8 Å². The molecule has 3 heterocycles. The largest absolute Gasteiger partial charge is 0.464 e. The maximum Gasteiger partial charge on any atom is 0.343 e. The number of hydrogen-bond donors (Lipinski definition) is 0. The third kappa shape index (κ3) is 6.05. The molecular weight excluding hydrogens is 487 g/mol. The standard InChI is InChI=1S/C22H30ClFN4O5S/c1-5-7-8-9-34-19-16-18(26-22(23)27-19)28(11-25-16)20-15(24)12(3)14(33-20)10-32-17(13(4)29)21(30)31-6-2/h11-12,14-15,17,20H,5-10H2,1-4H3/t12-,14-,15+,17?,20-/m1/s1. The molecule has 0 N–H and O–H groups in total. The highest BCUT2D eigenvalue weighted by Crippen LogP contribution is 2.38. The highest BCUT2D eigenvalue weighted by atomic mass is 35.5. The van der Waals surface area contributed by atoms with Crippen molar-refractivity contribution in [3.63, 3.8) is 0 Å². The van der Waals surface area contributed by atoms with E-state index in [-0.39, 0.29) is 18.5 Å². The van der Waals surface area contributed by atoms with Crippen molar-refractivity contribution in [3.8, 4) is 0 Å². The molecule has 1 fully saturated rings. The number of unbranched alkanes of at least 4 members (excludes halogenated alkanes) is 2. The van der Waals surface area contributed by atoms with Gasteiger partial charge in [0.2, 0.25) is 11.4 Å². The van der Waals surface area contributed by atoms with Crippen LogP contribution in [0.25, 0.3) is 11.2 Å². The fraction of sp³-hybridized carbons (Fsp3) is 0.682. The molecule has 0 aromatic carbocycles. The Kier molecular flexibility index (Phi) is 9.64. The summed E-state index contributed by atoms with van der Waals surface area (Å²) in [4.78, 5) is 36.8. The lowest BCUT2D eigenvalue weighted by Crippen LogP contribution is -2.36. The minimum Gasteiger partial charge on any atom is -0.464 e. The Labute approximate surface area is 207 Å². The molecule has 2 aromatic rings. The monoisotopic (exact) mass is 516 g/mol. The summed E-state index contributed by atoms with van der Waals surface area (Å²) >= 11 is 7.70. The van der Waals surface area contributed by atoms with Gasteiger partial charge in [-0.25, -0.2) is 19.2 Å². The molecule has 0 spiro atoms. The molecule has 2 aromatic heterocycles. The summed E-state index contributed by atoms with van der Waals surface area (Å²) in [5.74, 6) is -0.973. The zero-order valence-electron chi connectivity index (χ0n) is 19.7. The molecule has 0 bridgehead atoms. The van der Waals surface area contributed by atoms with E-state index in [2.05, 4.69) is 21.9 Å². The number of esters is 1. The first-order valence-corrected chi connectivity index (χ1v) is 12.8. The molecule has 3 rings (SSSR count). The molecule has 0 amide bonds. The van der Waals surface area contributed by atoms with Crippen LogP contribution in [0.2, 0.25) is 5.28 Å². The Morgan fingerprint density at radius 1 is 1.32 bits per heavy atom. The van der Waals surface area contributed by atoms with Gasteiger partial charge < -0.3 is 14.2 Å². The van der Waals surface area contributed by atoms with E-state index in [1.807, 2.05) is 0 Å². The second kappa shape index (κ2) is 12.2. The van der Waals surface area contributed by atoms with Gasteiger partial charge in [-0.3, -0.25) is 9.36 Å². The third-order valence-corrected chi connectivity index (χ3v) is 6.82. The van der Waals surface area contributed by atoms with E-state index >= 15 is 4.39 Å². The summed E-state index contributed by atoms with van der Waals surface area (Å²) in [6, 6.07) is 0. The number of carbonyl (C=O) groups is 2. The Balaban J connectivity index is 1.76. The summed E-state index contributed by atoms with van der Waals surface area (Å²) in [7, 11) is 0. The van der Waals surface area contributed by atoms with Crippen molar-refractivity contribution in [2.75, 3.05) is 19.0 Å². The molecule has 1 saturated heterocycles. The third-order valence-electron chi connectivity index (χ3n) is 5.60. The molecule has 1 unspecified atom stereocenters. The summed E-state index contributed by atoms with van der Waals surface area (Å²) in [6.07, 6.45) is 0.239. The van der Waals surface area contributed by atoms with Crippen molar-refractivity contribution < 1.29 is 28.2 Å². The van der Waals surface area contributed by atoms with Gasteiger partial charge in [0.1, 0.15) is 10.5 Å². The predicted molar refractivity (Wildman–Crippen MR) is 126 cm³/mol. The number of nitrogens with zero attached hydrogens (tertiary/aromatic N) is 4. The highest BCUT2D eigenvalue weighted by Gasteiger charge is 2.45. The number of hydrogen-bond acceptors (Lipinski definition) is 9. The number of ether oxygens (including phenoxy) is 3. The van der Waals surface area contributed by atoms with Crippen LogP contribution in [-0.2, 0) is 23.8 Å². The molecule has 1 aliphatic rings. The lowest BCUT2D eigenvalue weighted by Gasteiger charge is -2.19. The molecule has 0 saturated carbocycles. The first-order chi connectivity index (χ1) is 16.3. The van der Waals surface area contributed by atoms with Crippen molar-refractivity contribution in [2.45, 2.75) is 76.6 Å². The Bertz CT molecular complexity index is 1010. The van der Waals surface area contributed by atoms with Crippen molar-refractivity contribution in [3.05, 3.63) is 11.6 Å². The number of thioether (sulfide) groups is 1. The van der Waals surface area contributed by atoms with Crippen LogP contribution in [0.1, 0.15) is 53.2 Å². The number of imidazole rings is 1. The number of rotatable bonds is 12. The van der Waals surface area contributed by atoms with Crippen LogP contribution in [0.15, 0.2) is 11.4 Å². The summed E-state index contributed by atoms with van der Waals surface area (Å²) in [5, 5.41) is 0.692. The van der Waals surface area contributed by atoms with Gasteiger partial charge in [0.05, 0.1) is 25.6 Å². The second-order valence-electron chi connectivity index (χ2n) is 8.12. The maximum absolute atomic E-state index is 15.3. The normalized spacial score (nSPS) is 23.4. The average Bonchev–Trinajstić information content (AvgIpc) is 3.32. The topological polar surface area (TPSA) is 105 Å². The van der Waals surface area contributed by atoms with Crippen LogP contribution in [0, 0.1) is 5.92 Å². The molecule has 12 heteroatoms. The van der Waals surface area contributed by atoms with Gasteiger partial charge >= 0.3 is 5.97 Å². The fourth-order valence-electron chi connectivity index (χ4n) is 3.69. The van der Waals surface area contributed by atoms with Crippen molar-refractivity contribution in [2.24, 2.45) is 5.92 Å². The Morgan fingerprint density at radius 3 is 2.76 bits per heavy atom. The number of halogens is 2. The first-order valence-electron chi connectivity index (χ1n) is 11.4. The number of alkyl halides is 1. The molecule has 34 heavy (non-hydrogen) atoms. The van der Waals surface area contributed by atoms with Crippen LogP contribution < -0.4 is 0 Å². The Morgan fingerprint density at radius 2 is 2.09 bits per heavy atom. The molecule has 0 radical (unpaired) electrons. The summed E-state index contributed by atoms with van der Waals surface area (Å²) < 4.78 is 33.1. The predicted octanol–water partition coefficient (Wildman–Crippen LogP) is 4.17. The molecule has 188 valence electrons. The van der Waals surface area contributed by atoms with E-state index < -0.39 is 42.3 Å². The molecule has 0 aliphatic carbocycles. The number of ketones is 1. The van der Waals surface area contributed by atoms with Crippen LogP contribution >= 0.6 is 23.4 Å². The number of fused-ring (bicyclic) bond motifs is 1. The number of carbonyl (C=O) groups excluding carboxylic acids is 2. The fourth-order valence-corrected chi connectivity index (χ4v) is 4.87. The highest BCUT2D eigenvalue weighted by molar-refractivity contribution is 7.99. The van der Waals surface area contributed by atoms with Gasteiger partial charge in [-0.1, -0.05) is 26.7 Å². The van der Waals surface area contributed by atoms with Gasteiger partial charge in [0, 0.05) is 5.92 Å². The van der Waals surface area contributed by atoms with E-state index in [1.165, 1.54) is 17.8 Å². The lowest BCUT2D eigenvalue weighted by molar-refractivity contribution is -0.164. The minimum atomic E-state index is -1.40. The molecule has 9 nitrogen and oxygen atoms in total. The number of aromatic nitrogens is 4. The average molecular weight is 517 g/mol. The SMILES string of the molecule is CCCCCSc1nc(Cl)nc2c1ncn2[C@@H]1O[C@H](COC(C(C)=O)C(=O)OCC)[C@@H](C)[C@@H]1F. The maximum atomic E-state index is 15.3. The van der Waals surface area contributed by atoms with Crippen molar-refractivity contribution >= 4 is 46.3 Å². The molecular formula is C22H30ClFN4O5S. The van der Waals surface area contributed by atoms with Crippen molar-refractivity contribution in [1.29, 1.82) is 0 Å². The Hall–Kier alpha value is -1.82. The summed E-state index contributed by atoms with van der Waals surface area (Å²) in [6.45, 7) is 6.66. The zero-order chi connectivity index (χ0) is 24.8. The van der Waals surface area contributed by atoms with Gasteiger partial charge in [-0.05, 0) is 37.6 Å². The molecule has 5 atom stereocenters. The van der Waals surface area contributed by atoms with E-state index in [1.54, 1.807) is 25.6 Å². The van der Waals surface area contributed by atoms with Crippen LogP contribution in [0.5, 0.6) is 0 Å². The van der Waals surface area contributed by atoms with Crippen LogP contribution in [0.3, 0.4) is 0 Å². The van der Waals surface area contributed by atoms with Gasteiger partial charge in [-0.2, -0.15) is 4.98 Å². The van der Waals surface area contributed by atoms with Crippen molar-refractivity contribution in [1.82, 2.24) is 19.5 Å². The number of Topliss-reactive ketones (excluding diaryl/α,β-unsaturated/α-hetero) is 1.